The number of methoxy groups -OCH3 is 1. The number of rotatable bonds is 5. The summed E-state index contributed by atoms with van der Waals surface area (Å²) in [5.74, 6) is 0. The highest BCUT2D eigenvalue weighted by atomic mass is 16.7. The first-order valence-electron chi connectivity index (χ1n) is 2.69. The number of hydrogen-bond acceptors (Lipinski definition) is 3. The highest BCUT2D eigenvalue weighted by Gasteiger charge is 1.98. The molecule has 9 heavy (non-hydrogen) atoms. The molecular formula is C6H12O3. The maximum Gasteiger partial charge on any atom is 0.147 e. The first-order chi connectivity index (χ1) is 4.35. The molecule has 0 aliphatic carbocycles. The maximum atomic E-state index is 8.50. The van der Waals surface area contributed by atoms with E-state index >= 15 is 0 Å². The minimum atomic E-state index is -0.301. The molecule has 1 atom stereocenters. The average molecular weight is 132 g/mol. The molecule has 3 heteroatoms. The molecule has 0 amide bonds. The summed E-state index contributed by atoms with van der Waals surface area (Å²) in [6.45, 7) is 3.59. The number of aliphatic hydroxyl groups is 1. The van der Waals surface area contributed by atoms with Gasteiger partial charge in [0.25, 0.3) is 0 Å². The minimum absolute atomic E-state index is 0.0488. The van der Waals surface area contributed by atoms with Crippen LogP contribution in [0.15, 0.2) is 12.7 Å². The molecule has 0 aromatic heterocycles. The average Bonchev–Trinajstić information content (AvgIpc) is 1.91. The summed E-state index contributed by atoms with van der Waals surface area (Å²) in [7, 11) is 1.53. The van der Waals surface area contributed by atoms with Gasteiger partial charge in [-0.3, -0.25) is 0 Å². The topological polar surface area (TPSA) is 38.7 Å². The Labute approximate surface area is 54.9 Å². The lowest BCUT2D eigenvalue weighted by Gasteiger charge is -2.08. The van der Waals surface area contributed by atoms with Crippen molar-refractivity contribution in [2.75, 3.05) is 20.5 Å². The van der Waals surface area contributed by atoms with Crippen LogP contribution in [0.1, 0.15) is 0 Å². The largest absolute Gasteiger partial charge is 0.393 e. The van der Waals surface area contributed by atoms with Gasteiger partial charge in [0.15, 0.2) is 0 Å². The van der Waals surface area contributed by atoms with E-state index in [1.165, 1.54) is 13.2 Å². The first-order valence-corrected chi connectivity index (χ1v) is 2.69. The molecule has 0 radical (unpaired) electrons. The highest BCUT2D eigenvalue weighted by molar-refractivity contribution is 4.78. The van der Waals surface area contributed by atoms with E-state index in [1.807, 2.05) is 0 Å². The quantitative estimate of drug-likeness (QED) is 0.427. The lowest BCUT2D eigenvalue weighted by molar-refractivity contribution is -0.0692. The van der Waals surface area contributed by atoms with Gasteiger partial charge >= 0.3 is 0 Å². The SMILES string of the molecule is C=C[C@H](CO)OCOC. The molecule has 0 fully saturated rings. The third-order valence-corrected chi connectivity index (χ3v) is 0.843. The summed E-state index contributed by atoms with van der Waals surface area (Å²) < 4.78 is 9.49. The van der Waals surface area contributed by atoms with E-state index in [-0.39, 0.29) is 19.5 Å². The lowest BCUT2D eigenvalue weighted by Crippen LogP contribution is -2.15. The summed E-state index contributed by atoms with van der Waals surface area (Å²) in [6, 6.07) is 0. The van der Waals surface area contributed by atoms with Gasteiger partial charge in [0.2, 0.25) is 0 Å². The Morgan fingerprint density at radius 1 is 1.78 bits per heavy atom. The Hall–Kier alpha value is -0.380. The summed E-state index contributed by atoms with van der Waals surface area (Å²) in [4.78, 5) is 0. The van der Waals surface area contributed by atoms with Crippen LogP contribution >= 0.6 is 0 Å². The van der Waals surface area contributed by atoms with Crippen molar-refractivity contribution in [2.24, 2.45) is 0 Å². The van der Waals surface area contributed by atoms with E-state index in [0.717, 1.165) is 0 Å². The molecule has 1 N–H and O–H groups in total. The summed E-state index contributed by atoms with van der Waals surface area (Å²) >= 11 is 0. The fourth-order valence-corrected chi connectivity index (χ4v) is 0.351. The van der Waals surface area contributed by atoms with Crippen LogP contribution in [0.25, 0.3) is 0 Å². The van der Waals surface area contributed by atoms with Crippen molar-refractivity contribution in [2.45, 2.75) is 6.10 Å². The van der Waals surface area contributed by atoms with E-state index in [4.69, 9.17) is 9.84 Å². The zero-order chi connectivity index (χ0) is 7.11. The molecule has 0 bridgehead atoms. The van der Waals surface area contributed by atoms with E-state index < -0.39 is 0 Å². The van der Waals surface area contributed by atoms with Gasteiger partial charge < -0.3 is 14.6 Å². The van der Waals surface area contributed by atoms with Crippen LogP contribution in [-0.2, 0) is 9.47 Å². The van der Waals surface area contributed by atoms with Gasteiger partial charge in [-0.2, -0.15) is 0 Å². The molecule has 0 aliphatic heterocycles. The van der Waals surface area contributed by atoms with E-state index in [2.05, 4.69) is 11.3 Å². The van der Waals surface area contributed by atoms with Crippen LogP contribution in [0.2, 0.25) is 0 Å². The van der Waals surface area contributed by atoms with Crippen LogP contribution in [0.4, 0.5) is 0 Å². The van der Waals surface area contributed by atoms with Gasteiger partial charge in [-0.25, -0.2) is 0 Å². The summed E-state index contributed by atoms with van der Waals surface area (Å²) in [6.07, 6.45) is 1.23. The predicted octanol–water partition coefficient (Wildman–Crippen LogP) is 0.154. The molecule has 0 rings (SSSR count). The lowest BCUT2D eigenvalue weighted by atomic mass is 10.4. The van der Waals surface area contributed by atoms with Crippen molar-refractivity contribution in [3.63, 3.8) is 0 Å². The number of ether oxygens (including phenoxy) is 2. The minimum Gasteiger partial charge on any atom is -0.393 e. The standard InChI is InChI=1S/C6H12O3/c1-3-6(4-7)9-5-8-2/h3,6-7H,1,4-5H2,2H3/t6-/m1/s1. The Kier molecular flexibility index (Phi) is 5.51. The maximum absolute atomic E-state index is 8.50. The zero-order valence-electron chi connectivity index (χ0n) is 5.54. The van der Waals surface area contributed by atoms with Crippen molar-refractivity contribution in [1.82, 2.24) is 0 Å². The number of aliphatic hydroxyl groups excluding tert-OH is 1. The molecule has 0 saturated carbocycles. The second-order valence-corrected chi connectivity index (χ2v) is 1.53. The van der Waals surface area contributed by atoms with E-state index in [0.29, 0.717) is 0 Å². The molecule has 0 spiro atoms. The van der Waals surface area contributed by atoms with Gasteiger partial charge in [0.1, 0.15) is 12.9 Å². The molecular weight excluding hydrogens is 120 g/mol. The molecule has 0 heterocycles. The van der Waals surface area contributed by atoms with Crippen molar-refractivity contribution in [3.05, 3.63) is 12.7 Å². The van der Waals surface area contributed by atoms with Crippen molar-refractivity contribution in [3.8, 4) is 0 Å². The molecule has 3 nitrogen and oxygen atoms in total. The zero-order valence-corrected chi connectivity index (χ0v) is 5.54. The summed E-state index contributed by atoms with van der Waals surface area (Å²) in [5.41, 5.74) is 0. The van der Waals surface area contributed by atoms with Crippen molar-refractivity contribution in [1.29, 1.82) is 0 Å². The Morgan fingerprint density at radius 2 is 2.44 bits per heavy atom. The van der Waals surface area contributed by atoms with E-state index in [1.54, 1.807) is 0 Å². The van der Waals surface area contributed by atoms with Crippen LogP contribution in [0, 0.1) is 0 Å². The highest BCUT2D eigenvalue weighted by Crippen LogP contribution is 1.90. The Bertz CT molecular complexity index is 72.7. The molecule has 0 unspecified atom stereocenters. The second-order valence-electron chi connectivity index (χ2n) is 1.53. The molecule has 0 aromatic rings. The summed E-state index contributed by atoms with van der Waals surface area (Å²) in [5, 5.41) is 8.50. The molecule has 0 aliphatic rings. The molecule has 0 saturated heterocycles. The van der Waals surface area contributed by atoms with Gasteiger partial charge in [0.05, 0.1) is 6.61 Å². The monoisotopic (exact) mass is 132 g/mol. The van der Waals surface area contributed by atoms with Crippen LogP contribution in [0.5, 0.6) is 0 Å². The van der Waals surface area contributed by atoms with Gasteiger partial charge in [0, 0.05) is 7.11 Å². The fraction of sp³-hybridized carbons (Fsp3) is 0.667. The van der Waals surface area contributed by atoms with Gasteiger partial charge in [-0.15, -0.1) is 6.58 Å². The van der Waals surface area contributed by atoms with Crippen molar-refractivity contribution >= 4 is 0 Å². The van der Waals surface area contributed by atoms with Crippen LogP contribution in [0.3, 0.4) is 0 Å². The molecule has 54 valence electrons. The predicted molar refractivity (Wildman–Crippen MR) is 34.0 cm³/mol. The van der Waals surface area contributed by atoms with Gasteiger partial charge in [-0.1, -0.05) is 6.08 Å². The van der Waals surface area contributed by atoms with Crippen LogP contribution < -0.4 is 0 Å². The van der Waals surface area contributed by atoms with Crippen molar-refractivity contribution < 1.29 is 14.6 Å². The smallest absolute Gasteiger partial charge is 0.147 e. The van der Waals surface area contributed by atoms with E-state index in [9.17, 15) is 0 Å². The molecule has 0 aromatic carbocycles. The van der Waals surface area contributed by atoms with Crippen LogP contribution in [-0.4, -0.2) is 31.7 Å². The first kappa shape index (κ1) is 8.62. The Balaban J connectivity index is 3.20. The number of hydrogen-bond donors (Lipinski definition) is 1. The second kappa shape index (κ2) is 5.75. The normalized spacial score (nSPS) is 13.1. The van der Waals surface area contributed by atoms with Gasteiger partial charge in [-0.05, 0) is 0 Å². The Morgan fingerprint density at radius 3 is 2.78 bits per heavy atom. The third kappa shape index (κ3) is 4.14. The third-order valence-electron chi connectivity index (χ3n) is 0.843. The fourth-order valence-electron chi connectivity index (χ4n) is 0.351.